The summed E-state index contributed by atoms with van der Waals surface area (Å²) in [5.74, 6) is 0.0541. The molecule has 0 bridgehead atoms. The number of allylic oxidation sites excluding steroid dienone is 2. The Bertz CT molecular complexity index is 163. The van der Waals surface area contributed by atoms with Crippen LogP contribution in [0, 0.1) is 0 Å². The lowest BCUT2D eigenvalue weighted by molar-refractivity contribution is -0.112. The molecule has 0 radical (unpaired) electrons. The van der Waals surface area contributed by atoms with Crippen molar-refractivity contribution in [3.8, 4) is 0 Å². The fourth-order valence-corrected chi connectivity index (χ4v) is 0.747. The minimum absolute atomic E-state index is 0.0541. The van der Waals surface area contributed by atoms with Gasteiger partial charge in [-0.05, 0) is 36.7 Å². The topological polar surface area (TPSA) is 29.1 Å². The first-order chi connectivity index (χ1) is 4.59. The van der Waals surface area contributed by atoms with Crippen molar-refractivity contribution in [2.24, 2.45) is 0 Å². The van der Waals surface area contributed by atoms with Crippen LogP contribution in [-0.2, 0) is 4.79 Å². The van der Waals surface area contributed by atoms with Gasteiger partial charge in [0.25, 0.3) is 0 Å². The van der Waals surface area contributed by atoms with Gasteiger partial charge in [-0.3, -0.25) is 4.79 Å². The van der Waals surface area contributed by atoms with Crippen LogP contribution in [0.5, 0.6) is 0 Å². The maximum atomic E-state index is 10.7. The number of hydrogen-bond donors (Lipinski definition) is 1. The Hall–Kier alpha value is -0.310. The molecule has 0 aromatic heterocycles. The smallest absolute Gasteiger partial charge is 0.168 e. The molecule has 2 nitrogen and oxygen atoms in total. The summed E-state index contributed by atoms with van der Waals surface area (Å²) in [5.41, 5.74) is 0.898. The Kier molecular flexibility index (Phi) is 4.36. The van der Waals surface area contributed by atoms with Crippen LogP contribution >= 0.6 is 15.9 Å². The van der Waals surface area contributed by atoms with Crippen molar-refractivity contribution in [2.75, 3.05) is 6.54 Å². The molecule has 0 saturated heterocycles. The van der Waals surface area contributed by atoms with Gasteiger partial charge in [-0.25, -0.2) is 0 Å². The van der Waals surface area contributed by atoms with Crippen LogP contribution in [0.3, 0.4) is 0 Å². The number of carbonyl (C=O) groups excluding carboxylic acids is 1. The normalized spacial score (nSPS) is 12.4. The lowest BCUT2D eigenvalue weighted by Crippen LogP contribution is -2.12. The summed E-state index contributed by atoms with van der Waals surface area (Å²) in [4.78, 5) is 10.7. The summed E-state index contributed by atoms with van der Waals surface area (Å²) < 4.78 is 0.634. The highest BCUT2D eigenvalue weighted by atomic mass is 79.9. The Morgan fingerprint density at radius 1 is 1.50 bits per heavy atom. The van der Waals surface area contributed by atoms with Gasteiger partial charge in [0, 0.05) is 12.2 Å². The molecule has 0 aliphatic rings. The van der Waals surface area contributed by atoms with Crippen molar-refractivity contribution in [2.45, 2.75) is 20.8 Å². The molecule has 0 aromatic carbocycles. The molecule has 0 unspecified atom stereocenters. The lowest BCUT2D eigenvalue weighted by atomic mass is 10.3. The highest BCUT2D eigenvalue weighted by Gasteiger charge is 2.01. The zero-order valence-electron chi connectivity index (χ0n) is 6.49. The third-order valence-electron chi connectivity index (χ3n) is 1.08. The first-order valence-corrected chi connectivity index (χ1v) is 4.00. The number of Topliss-reactive ketones (excluding diaryl/α,β-unsaturated/α-hetero) is 1. The van der Waals surface area contributed by atoms with Gasteiger partial charge in [0.05, 0.1) is 4.48 Å². The fraction of sp³-hybridized carbons (Fsp3) is 0.571. The SMILES string of the molecule is CCN/C(C)=C(/Br)C(C)=O. The summed E-state index contributed by atoms with van der Waals surface area (Å²) >= 11 is 3.18. The maximum Gasteiger partial charge on any atom is 0.168 e. The second-order valence-corrected chi connectivity index (χ2v) is 2.82. The van der Waals surface area contributed by atoms with Gasteiger partial charge in [-0.2, -0.15) is 0 Å². The minimum atomic E-state index is 0.0541. The number of carbonyl (C=O) groups is 1. The van der Waals surface area contributed by atoms with E-state index in [1.165, 1.54) is 6.92 Å². The number of rotatable bonds is 3. The Labute approximate surface area is 69.8 Å². The van der Waals surface area contributed by atoms with Crippen LogP contribution in [0.25, 0.3) is 0 Å². The summed E-state index contributed by atoms with van der Waals surface area (Å²) in [6.07, 6.45) is 0. The van der Waals surface area contributed by atoms with Crippen molar-refractivity contribution in [1.29, 1.82) is 0 Å². The standard InChI is InChI=1S/C7H12BrNO/c1-4-9-5(2)7(8)6(3)10/h9H,4H2,1-3H3/b7-5+. The number of hydrogen-bond acceptors (Lipinski definition) is 2. The molecule has 58 valence electrons. The van der Waals surface area contributed by atoms with E-state index >= 15 is 0 Å². The Morgan fingerprint density at radius 3 is 2.30 bits per heavy atom. The molecule has 0 fully saturated rings. The molecule has 0 aliphatic carbocycles. The Balaban J connectivity index is 4.19. The number of ketones is 1. The van der Waals surface area contributed by atoms with Crippen LogP contribution in [0.2, 0.25) is 0 Å². The zero-order chi connectivity index (χ0) is 8.15. The van der Waals surface area contributed by atoms with Crippen molar-refractivity contribution in [1.82, 2.24) is 5.32 Å². The first kappa shape index (κ1) is 9.69. The van der Waals surface area contributed by atoms with Crippen molar-refractivity contribution in [3.05, 3.63) is 10.2 Å². The molecule has 0 aliphatic heterocycles. The van der Waals surface area contributed by atoms with E-state index in [1.807, 2.05) is 13.8 Å². The predicted molar refractivity (Wildman–Crippen MR) is 46.0 cm³/mol. The summed E-state index contributed by atoms with van der Waals surface area (Å²) in [6, 6.07) is 0. The molecule has 3 heteroatoms. The van der Waals surface area contributed by atoms with Crippen LogP contribution in [0.15, 0.2) is 10.2 Å². The molecule has 0 aromatic rings. The van der Waals surface area contributed by atoms with Crippen molar-refractivity contribution in [3.63, 3.8) is 0 Å². The average Bonchev–Trinajstić information content (AvgIpc) is 1.87. The molecule has 0 spiro atoms. The van der Waals surface area contributed by atoms with Crippen LogP contribution in [0.1, 0.15) is 20.8 Å². The quantitative estimate of drug-likeness (QED) is 0.713. The van der Waals surface area contributed by atoms with Gasteiger partial charge in [-0.1, -0.05) is 0 Å². The molecular weight excluding hydrogens is 194 g/mol. The van der Waals surface area contributed by atoms with Crippen molar-refractivity contribution >= 4 is 21.7 Å². The summed E-state index contributed by atoms with van der Waals surface area (Å²) in [6.45, 7) is 6.23. The molecular formula is C7H12BrNO. The fourth-order valence-electron chi connectivity index (χ4n) is 0.607. The molecule has 0 saturated carbocycles. The largest absolute Gasteiger partial charge is 0.388 e. The van der Waals surface area contributed by atoms with E-state index in [2.05, 4.69) is 21.2 Å². The Morgan fingerprint density at radius 2 is 2.00 bits per heavy atom. The van der Waals surface area contributed by atoms with E-state index in [9.17, 15) is 4.79 Å². The monoisotopic (exact) mass is 205 g/mol. The minimum Gasteiger partial charge on any atom is -0.388 e. The summed E-state index contributed by atoms with van der Waals surface area (Å²) in [5, 5.41) is 3.04. The van der Waals surface area contributed by atoms with Crippen LogP contribution in [0.4, 0.5) is 0 Å². The second-order valence-electron chi connectivity index (χ2n) is 2.03. The van der Waals surface area contributed by atoms with E-state index in [1.54, 1.807) is 0 Å². The van der Waals surface area contributed by atoms with Crippen molar-refractivity contribution < 1.29 is 4.79 Å². The molecule has 0 heterocycles. The van der Waals surface area contributed by atoms with E-state index in [4.69, 9.17) is 0 Å². The third kappa shape index (κ3) is 3.01. The second kappa shape index (κ2) is 4.50. The highest BCUT2D eigenvalue weighted by molar-refractivity contribution is 9.12. The molecule has 1 N–H and O–H groups in total. The molecule has 10 heavy (non-hydrogen) atoms. The number of halogens is 1. The maximum absolute atomic E-state index is 10.7. The summed E-state index contributed by atoms with van der Waals surface area (Å²) in [7, 11) is 0. The van der Waals surface area contributed by atoms with Crippen LogP contribution < -0.4 is 5.32 Å². The van der Waals surface area contributed by atoms with Gasteiger partial charge in [0.2, 0.25) is 0 Å². The first-order valence-electron chi connectivity index (χ1n) is 3.20. The van der Waals surface area contributed by atoms with E-state index < -0.39 is 0 Å². The van der Waals surface area contributed by atoms with E-state index in [-0.39, 0.29) is 5.78 Å². The van der Waals surface area contributed by atoms with E-state index in [0.29, 0.717) is 4.48 Å². The van der Waals surface area contributed by atoms with E-state index in [0.717, 1.165) is 12.2 Å². The van der Waals surface area contributed by atoms with Crippen LogP contribution in [-0.4, -0.2) is 12.3 Å². The van der Waals surface area contributed by atoms with Gasteiger partial charge in [-0.15, -0.1) is 0 Å². The molecule has 0 atom stereocenters. The van der Waals surface area contributed by atoms with Gasteiger partial charge < -0.3 is 5.32 Å². The molecule has 0 amide bonds. The number of nitrogens with one attached hydrogen (secondary N) is 1. The predicted octanol–water partition coefficient (Wildman–Crippen LogP) is 1.81. The third-order valence-corrected chi connectivity index (χ3v) is 2.23. The van der Waals surface area contributed by atoms with Gasteiger partial charge in [0.15, 0.2) is 5.78 Å². The van der Waals surface area contributed by atoms with Gasteiger partial charge >= 0.3 is 0 Å². The zero-order valence-corrected chi connectivity index (χ0v) is 8.08. The lowest BCUT2D eigenvalue weighted by Gasteiger charge is -2.03. The highest BCUT2D eigenvalue weighted by Crippen LogP contribution is 2.09. The average molecular weight is 206 g/mol. The van der Waals surface area contributed by atoms with Gasteiger partial charge in [0.1, 0.15) is 0 Å². The molecule has 0 rings (SSSR count).